The molecule has 1 heterocycles. The second-order valence-corrected chi connectivity index (χ2v) is 2.52. The lowest BCUT2D eigenvalue weighted by Crippen LogP contribution is -2.08. The maximum atomic E-state index is 13.1. The average Bonchev–Trinajstić information content (AvgIpc) is 2.16. The van der Waals surface area contributed by atoms with Crippen molar-refractivity contribution in [2.75, 3.05) is 0 Å². The third-order valence-electron chi connectivity index (χ3n) is 1.71. The van der Waals surface area contributed by atoms with Crippen LogP contribution in [0.3, 0.4) is 0 Å². The molecule has 1 rings (SSSR count). The molecule has 14 heavy (non-hydrogen) atoms. The zero-order valence-electron chi connectivity index (χ0n) is 7.01. The molecule has 6 heteroatoms. The lowest BCUT2D eigenvalue weighted by molar-refractivity contribution is 0.111. The van der Waals surface area contributed by atoms with E-state index in [2.05, 4.69) is 4.98 Å². The minimum absolute atomic E-state index is 0.113. The van der Waals surface area contributed by atoms with Crippen LogP contribution >= 0.6 is 0 Å². The van der Waals surface area contributed by atoms with Crippen molar-refractivity contribution in [3.63, 3.8) is 0 Å². The molecule has 0 radical (unpaired) electrons. The summed E-state index contributed by atoms with van der Waals surface area (Å²) in [5.74, 6) is -1.29. The smallest absolute Gasteiger partial charge is 0.283 e. The minimum Gasteiger partial charge on any atom is -0.326 e. The predicted molar refractivity (Wildman–Crippen MR) is 42.4 cm³/mol. The Hall–Kier alpha value is -1.43. The van der Waals surface area contributed by atoms with Crippen molar-refractivity contribution >= 4 is 6.29 Å². The molecular formula is C8H7F3N2O. The van der Waals surface area contributed by atoms with Gasteiger partial charge in [0.15, 0.2) is 12.1 Å². The summed E-state index contributed by atoms with van der Waals surface area (Å²) in [4.78, 5) is 13.6. The summed E-state index contributed by atoms with van der Waals surface area (Å²) < 4.78 is 37.4. The number of nitrogens with two attached hydrogens (primary N) is 1. The van der Waals surface area contributed by atoms with E-state index in [-0.39, 0.29) is 18.4 Å². The van der Waals surface area contributed by atoms with E-state index >= 15 is 0 Å². The Kier molecular flexibility index (Phi) is 3.19. The lowest BCUT2D eigenvalue weighted by Gasteiger charge is -2.06. The van der Waals surface area contributed by atoms with Gasteiger partial charge in [-0.1, -0.05) is 0 Å². The molecule has 0 fully saturated rings. The summed E-state index contributed by atoms with van der Waals surface area (Å²) in [5, 5.41) is 0. The van der Waals surface area contributed by atoms with Crippen LogP contribution in [0.1, 0.15) is 28.0 Å². The summed E-state index contributed by atoms with van der Waals surface area (Å²) in [6, 6.07) is 0. The zero-order chi connectivity index (χ0) is 10.7. The summed E-state index contributed by atoms with van der Waals surface area (Å²) in [7, 11) is 0. The summed E-state index contributed by atoms with van der Waals surface area (Å²) in [5.41, 5.74) is 3.81. The molecule has 0 aromatic carbocycles. The first-order chi connectivity index (χ1) is 6.61. The number of carbonyl (C=O) groups excluding carboxylic acids is 1. The molecule has 0 amide bonds. The number of aldehydes is 1. The van der Waals surface area contributed by atoms with E-state index in [9.17, 15) is 18.0 Å². The average molecular weight is 204 g/mol. The van der Waals surface area contributed by atoms with Crippen molar-refractivity contribution in [3.8, 4) is 0 Å². The Balaban J connectivity index is 3.34. The highest BCUT2D eigenvalue weighted by Gasteiger charge is 2.20. The Morgan fingerprint density at radius 3 is 2.64 bits per heavy atom. The van der Waals surface area contributed by atoms with Gasteiger partial charge < -0.3 is 5.73 Å². The predicted octanol–water partition coefficient (Wildman–Crippen LogP) is 1.43. The van der Waals surface area contributed by atoms with Crippen molar-refractivity contribution in [1.82, 2.24) is 4.98 Å². The van der Waals surface area contributed by atoms with Crippen LogP contribution in [0.4, 0.5) is 13.2 Å². The van der Waals surface area contributed by atoms with Crippen LogP contribution in [0.5, 0.6) is 0 Å². The van der Waals surface area contributed by atoms with E-state index in [1.165, 1.54) is 0 Å². The summed E-state index contributed by atoms with van der Waals surface area (Å²) in [6.07, 6.45) is -1.90. The van der Waals surface area contributed by atoms with Gasteiger partial charge in [-0.25, -0.2) is 13.2 Å². The van der Waals surface area contributed by atoms with Gasteiger partial charge in [-0.05, 0) is 5.56 Å². The normalized spacial score (nSPS) is 10.6. The standard InChI is InChI=1S/C8H7F3N2O/c9-6-5(3-14)4(1-12)2-13-7(6)8(10)11/h2-3,8H,1,12H2. The van der Waals surface area contributed by atoms with Gasteiger partial charge in [0.05, 0.1) is 5.56 Å². The molecule has 1 aromatic heterocycles. The number of rotatable bonds is 3. The molecular weight excluding hydrogens is 197 g/mol. The fourth-order valence-corrected chi connectivity index (χ4v) is 0.995. The van der Waals surface area contributed by atoms with Gasteiger partial charge in [0.2, 0.25) is 0 Å². The van der Waals surface area contributed by atoms with Crippen LogP contribution in [-0.4, -0.2) is 11.3 Å². The highest BCUT2D eigenvalue weighted by molar-refractivity contribution is 5.77. The number of carbonyl (C=O) groups is 1. The number of halogens is 3. The maximum absolute atomic E-state index is 13.1. The number of hydrogen-bond acceptors (Lipinski definition) is 3. The SMILES string of the molecule is NCc1cnc(C(F)F)c(F)c1C=O. The van der Waals surface area contributed by atoms with Gasteiger partial charge in [-0.3, -0.25) is 9.78 Å². The van der Waals surface area contributed by atoms with Crippen molar-refractivity contribution in [3.05, 3.63) is 28.8 Å². The largest absolute Gasteiger partial charge is 0.326 e. The Morgan fingerprint density at radius 2 is 2.21 bits per heavy atom. The first-order valence-corrected chi connectivity index (χ1v) is 3.72. The third-order valence-corrected chi connectivity index (χ3v) is 1.71. The summed E-state index contributed by atoms with van der Waals surface area (Å²) in [6.45, 7) is -0.124. The van der Waals surface area contributed by atoms with E-state index in [0.717, 1.165) is 6.20 Å². The first-order valence-electron chi connectivity index (χ1n) is 3.72. The van der Waals surface area contributed by atoms with Crippen molar-refractivity contribution in [2.24, 2.45) is 5.73 Å². The van der Waals surface area contributed by atoms with Crippen LogP contribution in [0.2, 0.25) is 0 Å². The van der Waals surface area contributed by atoms with E-state index in [4.69, 9.17) is 5.73 Å². The molecule has 0 aliphatic carbocycles. The zero-order valence-corrected chi connectivity index (χ0v) is 7.01. The molecule has 0 aliphatic heterocycles. The third kappa shape index (κ3) is 1.74. The second-order valence-electron chi connectivity index (χ2n) is 2.52. The molecule has 0 aliphatic rings. The Morgan fingerprint density at radius 1 is 1.57 bits per heavy atom. The molecule has 3 nitrogen and oxygen atoms in total. The second kappa shape index (κ2) is 4.19. The van der Waals surface area contributed by atoms with Crippen LogP contribution in [0, 0.1) is 5.82 Å². The lowest BCUT2D eigenvalue weighted by atomic mass is 10.1. The molecule has 0 atom stereocenters. The molecule has 2 N–H and O–H groups in total. The molecule has 0 bridgehead atoms. The van der Waals surface area contributed by atoms with Crippen molar-refractivity contribution in [1.29, 1.82) is 0 Å². The number of aromatic nitrogens is 1. The molecule has 76 valence electrons. The van der Waals surface area contributed by atoms with Crippen LogP contribution in [-0.2, 0) is 6.54 Å². The van der Waals surface area contributed by atoms with E-state index in [1.54, 1.807) is 0 Å². The van der Waals surface area contributed by atoms with Crippen LogP contribution < -0.4 is 5.73 Å². The van der Waals surface area contributed by atoms with Gasteiger partial charge >= 0.3 is 0 Å². The number of hydrogen-bond donors (Lipinski definition) is 1. The Labute approximate surface area is 77.7 Å². The molecule has 0 spiro atoms. The number of nitrogens with zero attached hydrogens (tertiary/aromatic N) is 1. The Bertz CT molecular complexity index is 355. The highest BCUT2D eigenvalue weighted by Crippen LogP contribution is 2.22. The maximum Gasteiger partial charge on any atom is 0.283 e. The van der Waals surface area contributed by atoms with E-state index in [0.29, 0.717) is 0 Å². The monoisotopic (exact) mass is 204 g/mol. The van der Waals surface area contributed by atoms with Crippen LogP contribution in [0.15, 0.2) is 6.20 Å². The van der Waals surface area contributed by atoms with Crippen molar-refractivity contribution < 1.29 is 18.0 Å². The molecule has 0 unspecified atom stereocenters. The molecule has 0 saturated heterocycles. The molecule has 0 saturated carbocycles. The summed E-state index contributed by atoms with van der Waals surface area (Å²) >= 11 is 0. The van der Waals surface area contributed by atoms with Gasteiger partial charge in [-0.2, -0.15) is 0 Å². The number of pyridine rings is 1. The van der Waals surface area contributed by atoms with Gasteiger partial charge in [0, 0.05) is 12.7 Å². The number of alkyl halides is 2. The first kappa shape index (κ1) is 10.6. The highest BCUT2D eigenvalue weighted by atomic mass is 19.3. The fourth-order valence-electron chi connectivity index (χ4n) is 0.995. The van der Waals surface area contributed by atoms with Gasteiger partial charge in [0.1, 0.15) is 5.69 Å². The van der Waals surface area contributed by atoms with Crippen LogP contribution in [0.25, 0.3) is 0 Å². The van der Waals surface area contributed by atoms with Gasteiger partial charge in [-0.15, -0.1) is 0 Å². The fraction of sp³-hybridized carbons (Fsp3) is 0.250. The molecule has 1 aromatic rings. The van der Waals surface area contributed by atoms with Gasteiger partial charge in [0.25, 0.3) is 6.43 Å². The topological polar surface area (TPSA) is 56.0 Å². The quantitative estimate of drug-likeness (QED) is 0.757. The van der Waals surface area contributed by atoms with Crippen molar-refractivity contribution in [2.45, 2.75) is 13.0 Å². The minimum atomic E-state index is -3.04. The van der Waals surface area contributed by atoms with E-state index < -0.39 is 23.5 Å². The van der Waals surface area contributed by atoms with E-state index in [1.807, 2.05) is 0 Å².